The number of nitrogens with two attached hydrogens (primary N) is 1. The monoisotopic (exact) mass is 145 g/mol. The largest absolute Gasteiger partial charge is 0.380 e. The summed E-state index contributed by atoms with van der Waals surface area (Å²) in [5.74, 6) is 0. The topological polar surface area (TPSA) is 35.2 Å². The minimum absolute atomic E-state index is 0.247. The van der Waals surface area contributed by atoms with Gasteiger partial charge in [0.05, 0.1) is 6.61 Å². The highest BCUT2D eigenvalue weighted by molar-refractivity contribution is 4.57. The predicted molar refractivity (Wildman–Crippen MR) is 44.0 cm³/mol. The Hall–Kier alpha value is -0.0800. The second-order valence-corrected chi connectivity index (χ2v) is 2.62. The van der Waals surface area contributed by atoms with E-state index in [-0.39, 0.29) is 6.04 Å². The summed E-state index contributed by atoms with van der Waals surface area (Å²) in [5.41, 5.74) is 5.70. The van der Waals surface area contributed by atoms with E-state index in [0.717, 1.165) is 32.5 Å². The van der Waals surface area contributed by atoms with Crippen LogP contribution in [-0.2, 0) is 4.74 Å². The summed E-state index contributed by atoms with van der Waals surface area (Å²) in [6.07, 6.45) is 3.30. The van der Waals surface area contributed by atoms with Crippen molar-refractivity contribution in [1.82, 2.24) is 0 Å². The lowest BCUT2D eigenvalue weighted by Crippen LogP contribution is -2.25. The van der Waals surface area contributed by atoms with Crippen LogP contribution in [0.5, 0.6) is 0 Å². The number of ether oxygens (including phenoxy) is 1. The zero-order valence-electron chi connectivity index (χ0n) is 7.10. The maximum Gasteiger partial charge on any atom is 0.0617 e. The van der Waals surface area contributed by atoms with E-state index < -0.39 is 0 Å². The molecule has 2 N–H and O–H groups in total. The Kier molecular flexibility index (Phi) is 6.98. The zero-order valence-corrected chi connectivity index (χ0v) is 7.10. The molecule has 0 unspecified atom stereocenters. The minimum atomic E-state index is 0.247. The van der Waals surface area contributed by atoms with Gasteiger partial charge in [-0.15, -0.1) is 0 Å². The van der Waals surface area contributed by atoms with Crippen LogP contribution in [0.3, 0.4) is 0 Å². The van der Waals surface area contributed by atoms with Gasteiger partial charge in [-0.05, 0) is 12.8 Å². The molecule has 0 rings (SSSR count). The van der Waals surface area contributed by atoms with Gasteiger partial charge < -0.3 is 10.5 Å². The Balaban J connectivity index is 2.97. The van der Waals surface area contributed by atoms with E-state index in [0.29, 0.717) is 0 Å². The first kappa shape index (κ1) is 9.92. The molecule has 1 atom stereocenters. The molecule has 0 heterocycles. The van der Waals surface area contributed by atoms with Crippen molar-refractivity contribution < 1.29 is 4.74 Å². The van der Waals surface area contributed by atoms with Gasteiger partial charge in [0.15, 0.2) is 0 Å². The van der Waals surface area contributed by atoms with Crippen LogP contribution in [0.4, 0.5) is 0 Å². The quantitative estimate of drug-likeness (QED) is 0.575. The van der Waals surface area contributed by atoms with E-state index in [1.54, 1.807) is 0 Å². The molecular weight excluding hydrogens is 126 g/mol. The number of rotatable bonds is 6. The van der Waals surface area contributed by atoms with Gasteiger partial charge in [0, 0.05) is 12.6 Å². The Morgan fingerprint density at radius 1 is 1.30 bits per heavy atom. The van der Waals surface area contributed by atoms with Gasteiger partial charge in [-0.2, -0.15) is 0 Å². The third-order valence-electron chi connectivity index (χ3n) is 1.34. The van der Waals surface area contributed by atoms with Crippen molar-refractivity contribution in [3.05, 3.63) is 0 Å². The van der Waals surface area contributed by atoms with E-state index in [4.69, 9.17) is 10.5 Å². The van der Waals surface area contributed by atoms with Gasteiger partial charge in [0.2, 0.25) is 0 Å². The molecule has 0 aromatic rings. The van der Waals surface area contributed by atoms with E-state index in [2.05, 4.69) is 13.8 Å². The van der Waals surface area contributed by atoms with Gasteiger partial charge >= 0.3 is 0 Å². The van der Waals surface area contributed by atoms with Crippen molar-refractivity contribution in [2.45, 2.75) is 39.2 Å². The average Bonchev–Trinajstić information content (AvgIpc) is 1.89. The molecule has 0 saturated carbocycles. The van der Waals surface area contributed by atoms with Crippen LogP contribution in [0.1, 0.15) is 33.1 Å². The highest BCUT2D eigenvalue weighted by Gasteiger charge is 1.98. The fourth-order valence-electron chi connectivity index (χ4n) is 0.833. The molecule has 0 aliphatic heterocycles. The van der Waals surface area contributed by atoms with Gasteiger partial charge in [0.1, 0.15) is 0 Å². The Labute approximate surface area is 63.7 Å². The smallest absolute Gasteiger partial charge is 0.0617 e. The lowest BCUT2D eigenvalue weighted by atomic mass is 10.2. The molecule has 0 amide bonds. The molecule has 0 aromatic carbocycles. The summed E-state index contributed by atoms with van der Waals surface area (Å²) in [4.78, 5) is 0. The molecule has 0 radical (unpaired) electrons. The molecule has 2 nitrogen and oxygen atoms in total. The zero-order chi connectivity index (χ0) is 7.82. The third kappa shape index (κ3) is 6.05. The van der Waals surface area contributed by atoms with Crippen LogP contribution in [0.25, 0.3) is 0 Å². The summed E-state index contributed by atoms with van der Waals surface area (Å²) in [6.45, 7) is 5.81. The molecule has 0 aliphatic carbocycles. The molecule has 0 aromatic heterocycles. The Bertz CT molecular complexity index is 66.3. The van der Waals surface area contributed by atoms with Gasteiger partial charge in [-0.3, -0.25) is 0 Å². The standard InChI is InChI=1S/C8H19NO/c1-3-5-8(9)7-10-6-4-2/h8H,3-7,9H2,1-2H3/t8-/m1/s1. The van der Waals surface area contributed by atoms with Crippen LogP contribution >= 0.6 is 0 Å². The van der Waals surface area contributed by atoms with Crippen LogP contribution in [0, 0.1) is 0 Å². The highest BCUT2D eigenvalue weighted by Crippen LogP contribution is 1.93. The van der Waals surface area contributed by atoms with E-state index in [1.165, 1.54) is 0 Å². The van der Waals surface area contributed by atoms with Crippen molar-refractivity contribution >= 4 is 0 Å². The predicted octanol–water partition coefficient (Wildman–Crippen LogP) is 1.54. The lowest BCUT2D eigenvalue weighted by molar-refractivity contribution is 0.119. The third-order valence-corrected chi connectivity index (χ3v) is 1.34. The fourth-order valence-corrected chi connectivity index (χ4v) is 0.833. The van der Waals surface area contributed by atoms with E-state index in [9.17, 15) is 0 Å². The number of hydrogen-bond acceptors (Lipinski definition) is 2. The molecule has 62 valence electrons. The van der Waals surface area contributed by atoms with Crippen molar-refractivity contribution in [2.24, 2.45) is 5.73 Å². The summed E-state index contributed by atoms with van der Waals surface area (Å²) in [7, 11) is 0. The van der Waals surface area contributed by atoms with E-state index >= 15 is 0 Å². The van der Waals surface area contributed by atoms with Gasteiger partial charge in [-0.1, -0.05) is 20.3 Å². The second-order valence-electron chi connectivity index (χ2n) is 2.62. The van der Waals surface area contributed by atoms with Gasteiger partial charge in [0.25, 0.3) is 0 Å². The Morgan fingerprint density at radius 3 is 2.50 bits per heavy atom. The van der Waals surface area contributed by atoms with Crippen molar-refractivity contribution in [1.29, 1.82) is 0 Å². The van der Waals surface area contributed by atoms with Crippen molar-refractivity contribution in [3.63, 3.8) is 0 Å². The van der Waals surface area contributed by atoms with E-state index in [1.807, 2.05) is 0 Å². The fraction of sp³-hybridized carbons (Fsp3) is 1.00. The molecule has 10 heavy (non-hydrogen) atoms. The first-order valence-corrected chi connectivity index (χ1v) is 4.14. The summed E-state index contributed by atoms with van der Waals surface area (Å²) < 4.78 is 5.27. The molecule has 2 heteroatoms. The maximum absolute atomic E-state index is 5.70. The lowest BCUT2D eigenvalue weighted by Gasteiger charge is -2.09. The molecule has 0 saturated heterocycles. The van der Waals surface area contributed by atoms with Gasteiger partial charge in [-0.25, -0.2) is 0 Å². The number of hydrogen-bond donors (Lipinski definition) is 1. The minimum Gasteiger partial charge on any atom is -0.380 e. The van der Waals surface area contributed by atoms with Crippen molar-refractivity contribution in [2.75, 3.05) is 13.2 Å². The molecule has 0 fully saturated rings. The SMILES string of the molecule is CCCOC[C@H](N)CCC. The first-order valence-electron chi connectivity index (χ1n) is 4.14. The second kappa shape index (κ2) is 7.03. The van der Waals surface area contributed by atoms with Crippen LogP contribution in [-0.4, -0.2) is 19.3 Å². The van der Waals surface area contributed by atoms with Crippen LogP contribution in [0.2, 0.25) is 0 Å². The van der Waals surface area contributed by atoms with Crippen LogP contribution in [0.15, 0.2) is 0 Å². The van der Waals surface area contributed by atoms with Crippen molar-refractivity contribution in [3.8, 4) is 0 Å². The average molecular weight is 145 g/mol. The van der Waals surface area contributed by atoms with Crippen LogP contribution < -0.4 is 5.73 Å². The maximum atomic E-state index is 5.70. The first-order chi connectivity index (χ1) is 4.81. The molecule has 0 bridgehead atoms. The summed E-state index contributed by atoms with van der Waals surface area (Å²) >= 11 is 0. The molecular formula is C8H19NO. The summed E-state index contributed by atoms with van der Waals surface area (Å²) in [5, 5.41) is 0. The highest BCUT2D eigenvalue weighted by atomic mass is 16.5. The molecule has 0 aliphatic rings. The summed E-state index contributed by atoms with van der Waals surface area (Å²) in [6, 6.07) is 0.247. The Morgan fingerprint density at radius 2 is 2.00 bits per heavy atom. The normalized spacial score (nSPS) is 13.5. The molecule has 0 spiro atoms.